The van der Waals surface area contributed by atoms with Crippen LogP contribution in [0.25, 0.3) is 0 Å². The van der Waals surface area contributed by atoms with E-state index in [4.69, 9.17) is 4.74 Å². The van der Waals surface area contributed by atoms with Gasteiger partial charge in [-0.1, -0.05) is 13.8 Å². The Morgan fingerprint density at radius 3 is 2.26 bits per heavy atom. The van der Waals surface area contributed by atoms with Gasteiger partial charge in [-0.25, -0.2) is 13.2 Å². The molecule has 2 aromatic rings. The summed E-state index contributed by atoms with van der Waals surface area (Å²) in [6.07, 6.45) is -3.70. The molecule has 11 heteroatoms. The molecule has 1 heterocycles. The zero-order valence-electron chi connectivity index (χ0n) is 19.3. The van der Waals surface area contributed by atoms with Crippen LogP contribution in [0.1, 0.15) is 36.2 Å². The molecule has 2 atom stereocenters. The molecule has 1 aliphatic rings. The molecule has 1 fully saturated rings. The summed E-state index contributed by atoms with van der Waals surface area (Å²) in [6.45, 7) is 5.23. The van der Waals surface area contributed by atoms with Crippen LogP contribution in [0.15, 0.2) is 41.3 Å². The highest BCUT2D eigenvalue weighted by Gasteiger charge is 2.33. The van der Waals surface area contributed by atoms with Gasteiger partial charge in [0.15, 0.2) is 0 Å². The predicted molar refractivity (Wildman–Crippen MR) is 122 cm³/mol. The Labute approximate surface area is 196 Å². The highest BCUT2D eigenvalue weighted by molar-refractivity contribution is 7.92. The van der Waals surface area contributed by atoms with E-state index in [1.807, 2.05) is 18.7 Å². The predicted octanol–water partition coefficient (Wildman–Crippen LogP) is 4.78. The number of benzene rings is 2. The van der Waals surface area contributed by atoms with Crippen molar-refractivity contribution in [2.45, 2.75) is 31.3 Å². The molecule has 0 bridgehead atoms. The standard InChI is InChI=1S/C23H27F3N2O5S/c1-14-9-15(2)13-28(12-14)19-7-6-17(23(24,25)26)11-18(19)27-34(30,31)21-10-16(22(29)33-4)5-8-20(21)32-3/h5-8,10-11,14-15,27H,9,12-13H2,1-4H3/t14-,15+. The Morgan fingerprint density at radius 2 is 1.71 bits per heavy atom. The second kappa shape index (κ2) is 9.73. The highest BCUT2D eigenvalue weighted by Crippen LogP contribution is 2.39. The van der Waals surface area contributed by atoms with E-state index in [0.717, 1.165) is 31.7 Å². The van der Waals surface area contributed by atoms with E-state index in [0.29, 0.717) is 18.8 Å². The monoisotopic (exact) mass is 500 g/mol. The summed E-state index contributed by atoms with van der Waals surface area (Å²) in [6, 6.07) is 6.68. The fourth-order valence-corrected chi connectivity index (χ4v) is 5.52. The molecule has 34 heavy (non-hydrogen) atoms. The normalized spacial score (nSPS) is 19.0. The second-order valence-electron chi connectivity index (χ2n) is 8.54. The summed E-state index contributed by atoms with van der Waals surface area (Å²) in [7, 11) is -2.05. The molecule has 0 radical (unpaired) electrons. The molecule has 1 saturated heterocycles. The summed E-state index contributed by atoms with van der Waals surface area (Å²) in [4.78, 5) is 13.4. The number of carbonyl (C=O) groups excluding carboxylic acids is 1. The molecular weight excluding hydrogens is 473 g/mol. The fourth-order valence-electron chi connectivity index (χ4n) is 4.26. The van der Waals surface area contributed by atoms with E-state index in [-0.39, 0.29) is 28.8 Å². The third-order valence-electron chi connectivity index (χ3n) is 5.65. The molecule has 1 aliphatic heterocycles. The van der Waals surface area contributed by atoms with Crippen LogP contribution < -0.4 is 14.4 Å². The van der Waals surface area contributed by atoms with E-state index in [1.165, 1.54) is 25.3 Å². The first-order valence-corrected chi connectivity index (χ1v) is 12.1. The van der Waals surface area contributed by atoms with Crippen LogP contribution >= 0.6 is 0 Å². The number of rotatable bonds is 6. The summed E-state index contributed by atoms with van der Waals surface area (Å²) < 4.78 is 79.1. The molecule has 0 aromatic heterocycles. The number of anilines is 2. The Morgan fingerprint density at radius 1 is 1.06 bits per heavy atom. The van der Waals surface area contributed by atoms with Crippen LogP contribution in [-0.2, 0) is 20.9 Å². The van der Waals surface area contributed by atoms with Crippen LogP contribution in [0.3, 0.4) is 0 Å². The van der Waals surface area contributed by atoms with Crippen molar-refractivity contribution in [3.63, 3.8) is 0 Å². The average molecular weight is 501 g/mol. The Bertz CT molecular complexity index is 1160. The van der Waals surface area contributed by atoms with Gasteiger partial charge in [-0.05, 0) is 54.7 Å². The van der Waals surface area contributed by atoms with E-state index in [9.17, 15) is 26.4 Å². The van der Waals surface area contributed by atoms with Crippen molar-refractivity contribution in [2.24, 2.45) is 11.8 Å². The summed E-state index contributed by atoms with van der Waals surface area (Å²) in [5.41, 5.74) is -0.895. The number of esters is 1. The minimum atomic E-state index is -4.66. The number of methoxy groups -OCH3 is 2. The summed E-state index contributed by atoms with van der Waals surface area (Å²) in [5, 5.41) is 0. The molecule has 0 spiro atoms. The van der Waals surface area contributed by atoms with Gasteiger partial charge in [0.2, 0.25) is 0 Å². The third-order valence-corrected chi connectivity index (χ3v) is 7.04. The van der Waals surface area contributed by atoms with Gasteiger partial charge < -0.3 is 14.4 Å². The maximum atomic E-state index is 13.5. The van der Waals surface area contributed by atoms with Crippen LogP contribution in [0.4, 0.5) is 24.5 Å². The highest BCUT2D eigenvalue weighted by atomic mass is 32.2. The number of nitrogens with one attached hydrogen (secondary N) is 1. The first-order chi connectivity index (χ1) is 15.9. The number of ether oxygens (including phenoxy) is 2. The topological polar surface area (TPSA) is 84.9 Å². The molecule has 1 N–H and O–H groups in total. The quantitative estimate of drug-likeness (QED) is 0.575. The van der Waals surface area contributed by atoms with Crippen molar-refractivity contribution in [1.29, 1.82) is 0 Å². The van der Waals surface area contributed by atoms with Gasteiger partial charge in [-0.2, -0.15) is 13.2 Å². The van der Waals surface area contributed by atoms with Crippen LogP contribution in [0, 0.1) is 11.8 Å². The van der Waals surface area contributed by atoms with Crippen molar-refractivity contribution in [3.05, 3.63) is 47.5 Å². The summed E-state index contributed by atoms with van der Waals surface area (Å²) >= 11 is 0. The van der Waals surface area contributed by atoms with Crippen molar-refractivity contribution in [3.8, 4) is 5.75 Å². The minimum absolute atomic E-state index is 0.0494. The zero-order chi connectivity index (χ0) is 25.3. The smallest absolute Gasteiger partial charge is 0.416 e. The second-order valence-corrected chi connectivity index (χ2v) is 10.2. The van der Waals surface area contributed by atoms with E-state index in [1.54, 1.807) is 0 Å². The fraction of sp³-hybridized carbons (Fsp3) is 0.435. The number of nitrogens with zero attached hydrogens (tertiary/aromatic N) is 1. The number of hydrogen-bond acceptors (Lipinski definition) is 6. The van der Waals surface area contributed by atoms with Gasteiger partial charge in [0.05, 0.1) is 36.7 Å². The minimum Gasteiger partial charge on any atom is -0.495 e. The molecule has 3 rings (SSSR count). The Hall–Kier alpha value is -2.95. The van der Waals surface area contributed by atoms with Gasteiger partial charge in [0.1, 0.15) is 10.6 Å². The molecule has 0 saturated carbocycles. The van der Waals surface area contributed by atoms with Gasteiger partial charge in [0.25, 0.3) is 10.0 Å². The zero-order valence-corrected chi connectivity index (χ0v) is 20.1. The van der Waals surface area contributed by atoms with E-state index in [2.05, 4.69) is 9.46 Å². The number of halogens is 3. The SMILES string of the molecule is COC(=O)c1ccc(OC)c(S(=O)(=O)Nc2cc(C(F)(F)F)ccc2N2C[C@H](C)C[C@H](C)C2)c1. The van der Waals surface area contributed by atoms with Crippen LogP contribution in [-0.4, -0.2) is 41.7 Å². The number of carbonyl (C=O) groups is 1. The van der Waals surface area contributed by atoms with Crippen molar-refractivity contribution < 1.29 is 35.9 Å². The maximum absolute atomic E-state index is 13.5. The molecule has 0 unspecified atom stereocenters. The summed E-state index contributed by atoms with van der Waals surface area (Å²) in [5.74, 6) is -0.274. The van der Waals surface area contributed by atoms with E-state index < -0.39 is 32.6 Å². The average Bonchev–Trinajstić information content (AvgIpc) is 2.76. The lowest BCUT2D eigenvalue weighted by atomic mass is 9.91. The third kappa shape index (κ3) is 5.57. The lowest BCUT2D eigenvalue weighted by Gasteiger charge is -2.37. The maximum Gasteiger partial charge on any atom is 0.416 e. The van der Waals surface area contributed by atoms with Gasteiger partial charge in [-0.15, -0.1) is 0 Å². The first kappa shape index (κ1) is 25.7. The largest absolute Gasteiger partial charge is 0.495 e. The Kier molecular flexibility index (Phi) is 7.35. The van der Waals surface area contributed by atoms with Crippen molar-refractivity contribution >= 4 is 27.4 Å². The number of piperidine rings is 1. The van der Waals surface area contributed by atoms with Crippen molar-refractivity contribution in [1.82, 2.24) is 0 Å². The molecule has 7 nitrogen and oxygen atoms in total. The van der Waals surface area contributed by atoms with Gasteiger partial charge in [0, 0.05) is 13.1 Å². The van der Waals surface area contributed by atoms with Crippen LogP contribution in [0.5, 0.6) is 5.75 Å². The molecule has 0 aliphatic carbocycles. The molecule has 0 amide bonds. The van der Waals surface area contributed by atoms with Crippen LogP contribution in [0.2, 0.25) is 0 Å². The molecule has 186 valence electrons. The lowest BCUT2D eigenvalue weighted by molar-refractivity contribution is -0.137. The van der Waals surface area contributed by atoms with Gasteiger partial charge >= 0.3 is 12.1 Å². The van der Waals surface area contributed by atoms with E-state index >= 15 is 0 Å². The number of sulfonamides is 1. The first-order valence-electron chi connectivity index (χ1n) is 10.6. The number of alkyl halides is 3. The number of hydrogen-bond donors (Lipinski definition) is 1. The Balaban J connectivity index is 2.10. The molecular formula is C23H27F3N2O5S. The molecule has 2 aromatic carbocycles. The lowest BCUT2D eigenvalue weighted by Crippen LogP contribution is -2.39. The van der Waals surface area contributed by atoms with Crippen molar-refractivity contribution in [2.75, 3.05) is 36.9 Å². The van der Waals surface area contributed by atoms with Gasteiger partial charge in [-0.3, -0.25) is 4.72 Å².